The van der Waals surface area contributed by atoms with E-state index in [0.717, 1.165) is 25.5 Å². The van der Waals surface area contributed by atoms with Gasteiger partial charge in [-0.25, -0.2) is 0 Å². The van der Waals surface area contributed by atoms with Gasteiger partial charge in [0.2, 0.25) is 5.91 Å². The van der Waals surface area contributed by atoms with E-state index in [-0.39, 0.29) is 11.9 Å². The van der Waals surface area contributed by atoms with Crippen molar-refractivity contribution in [3.63, 3.8) is 0 Å². The maximum absolute atomic E-state index is 11.2. The summed E-state index contributed by atoms with van der Waals surface area (Å²) < 4.78 is 0. The van der Waals surface area contributed by atoms with Gasteiger partial charge in [-0.15, -0.1) is 0 Å². The summed E-state index contributed by atoms with van der Waals surface area (Å²) in [6, 6.07) is -0.237. The summed E-state index contributed by atoms with van der Waals surface area (Å²) in [5.74, 6) is 0.791. The molecule has 1 aliphatic heterocycles. The van der Waals surface area contributed by atoms with E-state index >= 15 is 0 Å². The van der Waals surface area contributed by atoms with Crippen LogP contribution in [-0.2, 0) is 4.79 Å². The molecule has 0 aromatic rings. The summed E-state index contributed by atoms with van der Waals surface area (Å²) in [6.45, 7) is 3.66. The Morgan fingerprint density at radius 3 is 2.93 bits per heavy atom. The molecule has 0 aromatic heterocycles. The van der Waals surface area contributed by atoms with E-state index in [1.165, 1.54) is 0 Å². The first-order chi connectivity index (χ1) is 6.65. The minimum atomic E-state index is -0.237. The first-order valence-electron chi connectivity index (χ1n) is 4.89. The highest BCUT2D eigenvalue weighted by atomic mass is 16.2. The van der Waals surface area contributed by atoms with Gasteiger partial charge < -0.3 is 15.5 Å². The molecular weight excluding hydrogens is 180 g/mol. The van der Waals surface area contributed by atoms with Gasteiger partial charge in [-0.3, -0.25) is 9.79 Å². The molecule has 5 nitrogen and oxygen atoms in total. The fraction of sp³-hybridized carbons (Fsp3) is 0.778. The molecule has 0 aromatic carbocycles. The van der Waals surface area contributed by atoms with Crippen LogP contribution in [0, 0.1) is 0 Å². The van der Waals surface area contributed by atoms with E-state index in [9.17, 15) is 4.79 Å². The van der Waals surface area contributed by atoms with Crippen molar-refractivity contribution in [2.45, 2.75) is 19.4 Å². The molecule has 1 aliphatic rings. The number of nitrogens with one attached hydrogen (secondary N) is 2. The van der Waals surface area contributed by atoms with Crippen molar-refractivity contribution >= 4 is 11.9 Å². The molecule has 14 heavy (non-hydrogen) atoms. The zero-order valence-corrected chi connectivity index (χ0v) is 9.00. The molecule has 1 atom stereocenters. The van der Waals surface area contributed by atoms with E-state index in [1.807, 2.05) is 18.9 Å². The number of amides is 1. The first-order valence-corrected chi connectivity index (χ1v) is 4.89. The number of nitrogens with zero attached hydrogens (tertiary/aromatic N) is 2. The number of guanidine groups is 1. The molecule has 1 rings (SSSR count). The molecule has 80 valence electrons. The molecule has 1 unspecified atom stereocenters. The van der Waals surface area contributed by atoms with Gasteiger partial charge in [0, 0.05) is 27.2 Å². The van der Waals surface area contributed by atoms with Gasteiger partial charge in [-0.05, 0) is 13.3 Å². The average molecular weight is 198 g/mol. The second-order valence-corrected chi connectivity index (χ2v) is 3.46. The lowest BCUT2D eigenvalue weighted by Gasteiger charge is -2.27. The minimum Gasteiger partial charge on any atom is -0.357 e. The molecule has 2 N–H and O–H groups in total. The van der Waals surface area contributed by atoms with Crippen LogP contribution >= 0.6 is 0 Å². The molecule has 0 saturated heterocycles. The Balaban J connectivity index is 2.50. The highest BCUT2D eigenvalue weighted by Crippen LogP contribution is 1.98. The van der Waals surface area contributed by atoms with Crippen LogP contribution in [0.1, 0.15) is 13.3 Å². The van der Waals surface area contributed by atoms with Crippen molar-refractivity contribution in [3.05, 3.63) is 0 Å². The Hall–Kier alpha value is -1.26. The smallest absolute Gasteiger partial charge is 0.242 e. The fourth-order valence-corrected chi connectivity index (χ4v) is 1.35. The van der Waals surface area contributed by atoms with Crippen molar-refractivity contribution in [1.82, 2.24) is 15.5 Å². The zero-order chi connectivity index (χ0) is 10.6. The maximum Gasteiger partial charge on any atom is 0.242 e. The van der Waals surface area contributed by atoms with Crippen molar-refractivity contribution in [1.29, 1.82) is 0 Å². The molecule has 1 amide bonds. The van der Waals surface area contributed by atoms with E-state index < -0.39 is 0 Å². The van der Waals surface area contributed by atoms with E-state index in [0.29, 0.717) is 0 Å². The van der Waals surface area contributed by atoms with Crippen molar-refractivity contribution in [3.8, 4) is 0 Å². The average Bonchev–Trinajstić information content (AvgIpc) is 2.20. The number of hydrogen-bond acceptors (Lipinski definition) is 4. The number of likely N-dealkylation sites (N-methyl/N-ethyl adjacent to an activating group) is 1. The third-order valence-corrected chi connectivity index (χ3v) is 2.26. The standard InChI is InChI=1S/C9H18N4O/c1-7(8(14)10-2)12-9-11-5-4-6-13(9)3/h7H,4-6H2,1-3H3,(H,10,14)(H,11,12). The highest BCUT2D eigenvalue weighted by molar-refractivity contribution is 5.88. The van der Waals surface area contributed by atoms with Gasteiger partial charge >= 0.3 is 0 Å². The number of hydrogen-bond donors (Lipinski definition) is 2. The van der Waals surface area contributed by atoms with Crippen molar-refractivity contribution < 1.29 is 4.79 Å². The van der Waals surface area contributed by atoms with E-state index in [4.69, 9.17) is 0 Å². The predicted octanol–water partition coefficient (Wildman–Crippen LogP) is -0.598. The largest absolute Gasteiger partial charge is 0.357 e. The number of carbonyl (C=O) groups excluding carboxylic acids is 1. The Kier molecular flexibility index (Phi) is 3.73. The summed E-state index contributed by atoms with van der Waals surface area (Å²) in [7, 11) is 3.61. The molecule has 0 aliphatic carbocycles. The molecule has 0 spiro atoms. The Morgan fingerprint density at radius 1 is 1.64 bits per heavy atom. The van der Waals surface area contributed by atoms with Gasteiger partial charge in [0.05, 0.1) is 0 Å². The minimum absolute atomic E-state index is 0.0216. The van der Waals surface area contributed by atoms with Gasteiger partial charge in [0.25, 0.3) is 0 Å². The van der Waals surface area contributed by atoms with E-state index in [2.05, 4.69) is 15.6 Å². The number of rotatable bonds is 2. The topological polar surface area (TPSA) is 56.7 Å². The van der Waals surface area contributed by atoms with Crippen LogP contribution < -0.4 is 10.6 Å². The summed E-state index contributed by atoms with van der Waals surface area (Å²) in [5.41, 5.74) is 0. The van der Waals surface area contributed by atoms with Crippen LogP contribution in [0.5, 0.6) is 0 Å². The van der Waals surface area contributed by atoms with E-state index in [1.54, 1.807) is 7.05 Å². The van der Waals surface area contributed by atoms with Gasteiger partial charge in [-0.2, -0.15) is 0 Å². The van der Waals surface area contributed by atoms with Crippen LogP contribution in [0.25, 0.3) is 0 Å². The Morgan fingerprint density at radius 2 is 2.36 bits per heavy atom. The lowest BCUT2D eigenvalue weighted by molar-refractivity contribution is -0.121. The second-order valence-electron chi connectivity index (χ2n) is 3.46. The van der Waals surface area contributed by atoms with Crippen LogP contribution in [0.4, 0.5) is 0 Å². The number of aliphatic imine (C=N–C) groups is 1. The van der Waals surface area contributed by atoms with Crippen LogP contribution in [-0.4, -0.2) is 50.0 Å². The highest BCUT2D eigenvalue weighted by Gasteiger charge is 2.16. The normalized spacial score (nSPS) is 18.5. The van der Waals surface area contributed by atoms with Crippen molar-refractivity contribution in [2.24, 2.45) is 4.99 Å². The van der Waals surface area contributed by atoms with Crippen molar-refractivity contribution in [2.75, 3.05) is 27.2 Å². The van der Waals surface area contributed by atoms with Gasteiger partial charge in [-0.1, -0.05) is 0 Å². The third-order valence-electron chi connectivity index (χ3n) is 2.26. The summed E-state index contributed by atoms with van der Waals surface area (Å²) in [5, 5.41) is 5.68. The number of carbonyl (C=O) groups is 1. The molecule has 0 radical (unpaired) electrons. The van der Waals surface area contributed by atoms with Crippen LogP contribution in [0.2, 0.25) is 0 Å². The predicted molar refractivity (Wildman–Crippen MR) is 56.2 cm³/mol. The molecular formula is C9H18N4O. The van der Waals surface area contributed by atoms with Gasteiger partial charge in [0.15, 0.2) is 5.96 Å². The Bertz CT molecular complexity index is 239. The molecule has 5 heteroatoms. The monoisotopic (exact) mass is 198 g/mol. The lowest BCUT2D eigenvalue weighted by atomic mass is 10.3. The van der Waals surface area contributed by atoms with Crippen LogP contribution in [0.3, 0.4) is 0 Å². The third kappa shape index (κ3) is 2.61. The SMILES string of the molecule is CNC(=O)C(C)NC1=NCCCN1C. The summed E-state index contributed by atoms with van der Waals surface area (Å²) >= 11 is 0. The molecule has 0 bridgehead atoms. The molecule has 0 saturated carbocycles. The summed E-state index contributed by atoms with van der Waals surface area (Å²) in [4.78, 5) is 17.6. The second kappa shape index (κ2) is 4.83. The molecule has 1 heterocycles. The van der Waals surface area contributed by atoms with Crippen LogP contribution in [0.15, 0.2) is 4.99 Å². The lowest BCUT2D eigenvalue weighted by Crippen LogP contribution is -2.50. The maximum atomic E-state index is 11.2. The van der Waals surface area contributed by atoms with Gasteiger partial charge in [0.1, 0.15) is 6.04 Å². The Labute approximate surface area is 84.6 Å². The molecule has 0 fully saturated rings. The summed E-state index contributed by atoms with van der Waals surface area (Å²) in [6.07, 6.45) is 1.08. The first kappa shape index (κ1) is 10.8. The quantitative estimate of drug-likeness (QED) is 0.623. The fourth-order valence-electron chi connectivity index (χ4n) is 1.35. The zero-order valence-electron chi connectivity index (χ0n) is 9.00.